The second-order valence-corrected chi connectivity index (χ2v) is 4.94. The van der Waals surface area contributed by atoms with Crippen LogP contribution in [0.3, 0.4) is 0 Å². The van der Waals surface area contributed by atoms with Gasteiger partial charge >= 0.3 is 0 Å². The SMILES string of the molecule is Cc1ccc(C(N)C(=O)N(C)Cc2cccnc2)cc1. The molecular weight excluding hydrogens is 250 g/mol. The van der Waals surface area contributed by atoms with Gasteiger partial charge < -0.3 is 10.6 Å². The summed E-state index contributed by atoms with van der Waals surface area (Å²) in [6.45, 7) is 2.51. The van der Waals surface area contributed by atoms with E-state index >= 15 is 0 Å². The minimum atomic E-state index is -0.628. The molecule has 1 unspecified atom stereocenters. The van der Waals surface area contributed by atoms with E-state index in [1.807, 2.05) is 43.3 Å². The Morgan fingerprint density at radius 3 is 2.60 bits per heavy atom. The number of carbonyl (C=O) groups excluding carboxylic acids is 1. The lowest BCUT2D eigenvalue weighted by molar-refractivity contribution is -0.131. The van der Waals surface area contributed by atoms with Gasteiger partial charge in [-0.3, -0.25) is 9.78 Å². The lowest BCUT2D eigenvalue weighted by Gasteiger charge is -2.21. The topological polar surface area (TPSA) is 59.2 Å². The van der Waals surface area contributed by atoms with E-state index in [0.29, 0.717) is 6.54 Å². The first-order valence-electron chi connectivity index (χ1n) is 6.54. The Bertz CT molecular complexity index is 566. The van der Waals surface area contributed by atoms with E-state index in [2.05, 4.69) is 4.98 Å². The van der Waals surface area contributed by atoms with E-state index in [9.17, 15) is 4.79 Å². The molecule has 1 aromatic carbocycles. The number of pyridine rings is 1. The molecular formula is C16H19N3O. The van der Waals surface area contributed by atoms with Crippen molar-refractivity contribution >= 4 is 5.91 Å². The molecule has 0 aliphatic heterocycles. The zero-order valence-corrected chi connectivity index (χ0v) is 11.8. The smallest absolute Gasteiger partial charge is 0.244 e. The van der Waals surface area contributed by atoms with Gasteiger partial charge in [0.2, 0.25) is 5.91 Å². The Balaban J connectivity index is 2.04. The van der Waals surface area contributed by atoms with E-state index in [1.54, 1.807) is 24.3 Å². The fraction of sp³-hybridized carbons (Fsp3) is 0.250. The number of rotatable bonds is 4. The van der Waals surface area contributed by atoms with Crippen molar-refractivity contribution in [3.05, 3.63) is 65.5 Å². The van der Waals surface area contributed by atoms with Crippen molar-refractivity contribution in [2.24, 2.45) is 5.73 Å². The molecule has 1 heterocycles. The number of hydrogen-bond donors (Lipinski definition) is 1. The van der Waals surface area contributed by atoms with Crippen molar-refractivity contribution in [1.29, 1.82) is 0 Å². The number of nitrogens with zero attached hydrogens (tertiary/aromatic N) is 2. The van der Waals surface area contributed by atoms with Gasteiger partial charge in [0, 0.05) is 26.0 Å². The summed E-state index contributed by atoms with van der Waals surface area (Å²) in [5.74, 6) is -0.0993. The van der Waals surface area contributed by atoms with Gasteiger partial charge in [-0.1, -0.05) is 35.9 Å². The van der Waals surface area contributed by atoms with Crippen LogP contribution in [-0.4, -0.2) is 22.8 Å². The number of benzene rings is 1. The molecule has 2 rings (SSSR count). The molecule has 104 valence electrons. The van der Waals surface area contributed by atoms with Crippen LogP contribution in [0.4, 0.5) is 0 Å². The Morgan fingerprint density at radius 2 is 2.00 bits per heavy atom. The van der Waals surface area contributed by atoms with Crippen LogP contribution in [0.2, 0.25) is 0 Å². The van der Waals surface area contributed by atoms with Crippen LogP contribution >= 0.6 is 0 Å². The highest BCUT2D eigenvalue weighted by Crippen LogP contribution is 2.14. The average molecular weight is 269 g/mol. The molecule has 0 aliphatic carbocycles. The molecule has 0 saturated carbocycles. The van der Waals surface area contributed by atoms with Crippen LogP contribution in [0, 0.1) is 6.92 Å². The molecule has 4 nitrogen and oxygen atoms in total. The summed E-state index contributed by atoms with van der Waals surface area (Å²) in [6, 6.07) is 10.9. The van der Waals surface area contributed by atoms with Crippen LogP contribution in [0.15, 0.2) is 48.8 Å². The molecule has 4 heteroatoms. The summed E-state index contributed by atoms with van der Waals surface area (Å²) in [7, 11) is 1.75. The van der Waals surface area contributed by atoms with Gasteiger partial charge in [0.05, 0.1) is 0 Å². The second-order valence-electron chi connectivity index (χ2n) is 4.94. The van der Waals surface area contributed by atoms with Crippen LogP contribution in [0.25, 0.3) is 0 Å². The monoisotopic (exact) mass is 269 g/mol. The first kappa shape index (κ1) is 14.2. The number of amides is 1. The summed E-state index contributed by atoms with van der Waals surface area (Å²) < 4.78 is 0. The summed E-state index contributed by atoms with van der Waals surface area (Å²) >= 11 is 0. The number of carbonyl (C=O) groups is 1. The molecule has 0 aliphatic rings. The largest absolute Gasteiger partial charge is 0.340 e. The van der Waals surface area contributed by atoms with Crippen molar-refractivity contribution in [3.8, 4) is 0 Å². The summed E-state index contributed by atoms with van der Waals surface area (Å²) in [5, 5.41) is 0. The number of aromatic nitrogens is 1. The standard InChI is InChI=1S/C16H19N3O/c1-12-5-7-14(8-6-12)15(17)16(20)19(2)11-13-4-3-9-18-10-13/h3-10,15H,11,17H2,1-2H3. The van der Waals surface area contributed by atoms with E-state index < -0.39 is 6.04 Å². The number of hydrogen-bond acceptors (Lipinski definition) is 3. The Morgan fingerprint density at radius 1 is 1.30 bits per heavy atom. The molecule has 0 spiro atoms. The fourth-order valence-corrected chi connectivity index (χ4v) is 2.00. The maximum atomic E-state index is 12.3. The van der Waals surface area contributed by atoms with Crippen molar-refractivity contribution in [2.75, 3.05) is 7.05 Å². The van der Waals surface area contributed by atoms with Crippen molar-refractivity contribution in [2.45, 2.75) is 19.5 Å². The van der Waals surface area contributed by atoms with Crippen molar-refractivity contribution < 1.29 is 4.79 Å². The molecule has 1 atom stereocenters. The lowest BCUT2D eigenvalue weighted by Crippen LogP contribution is -2.35. The molecule has 0 radical (unpaired) electrons. The Kier molecular flexibility index (Phi) is 4.48. The highest BCUT2D eigenvalue weighted by molar-refractivity contribution is 5.82. The van der Waals surface area contributed by atoms with Gasteiger partial charge in [-0.05, 0) is 24.1 Å². The van der Waals surface area contributed by atoms with Crippen LogP contribution in [-0.2, 0) is 11.3 Å². The van der Waals surface area contributed by atoms with Gasteiger partial charge in [0.1, 0.15) is 6.04 Å². The van der Waals surface area contributed by atoms with E-state index in [0.717, 1.165) is 16.7 Å². The number of likely N-dealkylation sites (N-methyl/N-ethyl adjacent to an activating group) is 1. The molecule has 0 fully saturated rings. The number of aryl methyl sites for hydroxylation is 1. The van der Waals surface area contributed by atoms with E-state index in [-0.39, 0.29) is 5.91 Å². The first-order chi connectivity index (χ1) is 9.58. The molecule has 0 bridgehead atoms. The zero-order valence-electron chi connectivity index (χ0n) is 11.8. The zero-order chi connectivity index (χ0) is 14.5. The van der Waals surface area contributed by atoms with Crippen molar-refractivity contribution in [3.63, 3.8) is 0 Å². The quantitative estimate of drug-likeness (QED) is 0.924. The Hall–Kier alpha value is -2.20. The van der Waals surface area contributed by atoms with Gasteiger partial charge in [-0.15, -0.1) is 0 Å². The molecule has 1 amide bonds. The predicted octanol–water partition coefficient (Wildman–Crippen LogP) is 2.05. The molecule has 0 saturated heterocycles. The van der Waals surface area contributed by atoms with Gasteiger partial charge in [0.25, 0.3) is 0 Å². The fourth-order valence-electron chi connectivity index (χ4n) is 2.00. The van der Waals surface area contributed by atoms with Gasteiger partial charge in [0.15, 0.2) is 0 Å². The minimum absolute atomic E-state index is 0.0993. The van der Waals surface area contributed by atoms with Gasteiger partial charge in [-0.2, -0.15) is 0 Å². The first-order valence-corrected chi connectivity index (χ1v) is 6.54. The highest BCUT2D eigenvalue weighted by atomic mass is 16.2. The number of nitrogens with two attached hydrogens (primary N) is 1. The average Bonchev–Trinajstić information content (AvgIpc) is 2.47. The summed E-state index contributed by atoms with van der Waals surface area (Å²) in [5.41, 5.74) is 9.00. The third-order valence-corrected chi connectivity index (χ3v) is 3.22. The van der Waals surface area contributed by atoms with Crippen LogP contribution in [0.1, 0.15) is 22.7 Å². The second kappa shape index (κ2) is 6.30. The van der Waals surface area contributed by atoms with E-state index in [4.69, 9.17) is 5.73 Å². The predicted molar refractivity (Wildman–Crippen MR) is 78.8 cm³/mol. The molecule has 2 N–H and O–H groups in total. The Labute approximate surface area is 119 Å². The van der Waals surface area contributed by atoms with Gasteiger partial charge in [-0.25, -0.2) is 0 Å². The van der Waals surface area contributed by atoms with Crippen LogP contribution in [0.5, 0.6) is 0 Å². The van der Waals surface area contributed by atoms with E-state index in [1.165, 1.54) is 0 Å². The molecule has 20 heavy (non-hydrogen) atoms. The van der Waals surface area contributed by atoms with Crippen LogP contribution < -0.4 is 5.73 Å². The highest BCUT2D eigenvalue weighted by Gasteiger charge is 2.19. The van der Waals surface area contributed by atoms with Crippen molar-refractivity contribution in [1.82, 2.24) is 9.88 Å². The molecule has 2 aromatic rings. The normalized spacial score (nSPS) is 11.9. The third kappa shape index (κ3) is 3.42. The molecule has 1 aromatic heterocycles. The summed E-state index contributed by atoms with van der Waals surface area (Å²) in [6.07, 6.45) is 3.46. The maximum Gasteiger partial charge on any atom is 0.244 e. The maximum absolute atomic E-state index is 12.3. The lowest BCUT2D eigenvalue weighted by atomic mass is 10.0. The minimum Gasteiger partial charge on any atom is -0.340 e. The third-order valence-electron chi connectivity index (χ3n) is 3.22. The summed E-state index contributed by atoms with van der Waals surface area (Å²) in [4.78, 5) is 18.0.